The first kappa shape index (κ1) is 16.4. The maximum Gasteiger partial charge on any atom is 0.269 e. The quantitative estimate of drug-likeness (QED) is 0.635. The summed E-state index contributed by atoms with van der Waals surface area (Å²) in [4.78, 5) is 14.9. The van der Waals surface area contributed by atoms with Crippen molar-refractivity contribution in [3.05, 3.63) is 70.0 Å². The molecule has 3 rings (SSSR count). The van der Waals surface area contributed by atoms with Crippen molar-refractivity contribution in [1.82, 2.24) is 4.90 Å². The zero-order valence-corrected chi connectivity index (χ0v) is 13.6. The van der Waals surface area contributed by atoms with E-state index in [0.29, 0.717) is 0 Å². The number of nitro benzene ring substituents is 1. The Morgan fingerprint density at radius 3 is 2.33 bits per heavy atom. The highest BCUT2D eigenvalue weighted by molar-refractivity contribution is 5.51. The van der Waals surface area contributed by atoms with Crippen LogP contribution in [0.2, 0.25) is 0 Å². The SMILES string of the molecule is CC(c1cccc(F)c1)N1CCN(c2ccc([N+](=O)[O-])cc2)CC1. The number of piperazine rings is 1. The topological polar surface area (TPSA) is 49.6 Å². The van der Waals surface area contributed by atoms with Crippen LogP contribution < -0.4 is 4.90 Å². The fourth-order valence-electron chi connectivity index (χ4n) is 3.13. The van der Waals surface area contributed by atoms with Gasteiger partial charge in [-0.2, -0.15) is 0 Å². The summed E-state index contributed by atoms with van der Waals surface area (Å²) in [6.07, 6.45) is 0. The number of hydrogen-bond donors (Lipinski definition) is 0. The number of non-ortho nitro benzene ring substituents is 1. The molecule has 1 unspecified atom stereocenters. The predicted octanol–water partition coefficient (Wildman–Crippen LogP) is 3.62. The number of anilines is 1. The fourth-order valence-corrected chi connectivity index (χ4v) is 3.13. The molecule has 126 valence electrons. The van der Waals surface area contributed by atoms with E-state index in [1.54, 1.807) is 24.3 Å². The van der Waals surface area contributed by atoms with Crippen molar-refractivity contribution < 1.29 is 9.31 Å². The van der Waals surface area contributed by atoms with Gasteiger partial charge in [0.15, 0.2) is 0 Å². The summed E-state index contributed by atoms with van der Waals surface area (Å²) in [6.45, 7) is 5.52. The second-order valence-corrected chi connectivity index (χ2v) is 6.03. The largest absolute Gasteiger partial charge is 0.369 e. The van der Waals surface area contributed by atoms with Crippen LogP contribution in [0.15, 0.2) is 48.5 Å². The van der Waals surface area contributed by atoms with E-state index in [2.05, 4.69) is 16.7 Å². The van der Waals surface area contributed by atoms with Crippen molar-refractivity contribution >= 4 is 11.4 Å². The highest BCUT2D eigenvalue weighted by Gasteiger charge is 2.22. The normalized spacial score (nSPS) is 16.8. The lowest BCUT2D eigenvalue weighted by Gasteiger charge is -2.39. The molecule has 1 heterocycles. The van der Waals surface area contributed by atoms with Crippen LogP contribution in [0.3, 0.4) is 0 Å². The van der Waals surface area contributed by atoms with Crippen molar-refractivity contribution in [2.75, 3.05) is 31.1 Å². The zero-order valence-electron chi connectivity index (χ0n) is 13.6. The Kier molecular flexibility index (Phi) is 4.76. The van der Waals surface area contributed by atoms with E-state index in [9.17, 15) is 14.5 Å². The first-order chi connectivity index (χ1) is 11.5. The van der Waals surface area contributed by atoms with E-state index in [-0.39, 0.29) is 22.5 Å². The van der Waals surface area contributed by atoms with E-state index >= 15 is 0 Å². The predicted molar refractivity (Wildman–Crippen MR) is 91.7 cm³/mol. The molecule has 0 saturated carbocycles. The Bertz CT molecular complexity index is 712. The van der Waals surface area contributed by atoms with Crippen LogP contribution in [-0.2, 0) is 0 Å². The molecule has 0 bridgehead atoms. The summed E-state index contributed by atoms with van der Waals surface area (Å²) in [5.41, 5.74) is 2.09. The van der Waals surface area contributed by atoms with Gasteiger partial charge >= 0.3 is 0 Å². The Hall–Kier alpha value is -2.47. The molecule has 0 spiro atoms. The first-order valence-corrected chi connectivity index (χ1v) is 8.03. The second-order valence-electron chi connectivity index (χ2n) is 6.03. The van der Waals surface area contributed by atoms with Gasteiger partial charge in [-0.15, -0.1) is 0 Å². The summed E-state index contributed by atoms with van der Waals surface area (Å²) >= 11 is 0. The number of hydrogen-bond acceptors (Lipinski definition) is 4. The molecule has 5 nitrogen and oxygen atoms in total. The molecule has 2 aromatic carbocycles. The standard InChI is InChI=1S/C18H20FN3O2/c1-14(15-3-2-4-16(19)13-15)20-9-11-21(12-10-20)17-5-7-18(8-6-17)22(23)24/h2-8,13-14H,9-12H2,1H3. The van der Waals surface area contributed by atoms with Crippen molar-refractivity contribution in [1.29, 1.82) is 0 Å². The molecule has 1 fully saturated rings. The van der Waals surface area contributed by atoms with Gasteiger partial charge in [0.05, 0.1) is 4.92 Å². The molecule has 2 aromatic rings. The van der Waals surface area contributed by atoms with Gasteiger partial charge < -0.3 is 4.90 Å². The van der Waals surface area contributed by atoms with Crippen LogP contribution in [0, 0.1) is 15.9 Å². The molecule has 1 saturated heterocycles. The van der Waals surface area contributed by atoms with Gasteiger partial charge in [-0.1, -0.05) is 12.1 Å². The molecule has 1 aliphatic rings. The van der Waals surface area contributed by atoms with Crippen molar-refractivity contribution in [2.24, 2.45) is 0 Å². The Labute approximate surface area is 140 Å². The summed E-state index contributed by atoms with van der Waals surface area (Å²) < 4.78 is 13.4. The third-order valence-corrected chi connectivity index (χ3v) is 4.62. The first-order valence-electron chi connectivity index (χ1n) is 8.03. The molecule has 1 atom stereocenters. The maximum atomic E-state index is 13.4. The lowest BCUT2D eigenvalue weighted by Crippen LogP contribution is -2.47. The smallest absolute Gasteiger partial charge is 0.269 e. The number of nitrogens with zero attached hydrogens (tertiary/aromatic N) is 3. The number of benzene rings is 2. The lowest BCUT2D eigenvalue weighted by molar-refractivity contribution is -0.384. The fraction of sp³-hybridized carbons (Fsp3) is 0.333. The van der Waals surface area contributed by atoms with E-state index in [1.807, 2.05) is 6.07 Å². The van der Waals surface area contributed by atoms with Gasteiger partial charge in [-0.3, -0.25) is 15.0 Å². The van der Waals surface area contributed by atoms with Gasteiger partial charge in [-0.25, -0.2) is 4.39 Å². The highest BCUT2D eigenvalue weighted by atomic mass is 19.1. The maximum absolute atomic E-state index is 13.4. The lowest BCUT2D eigenvalue weighted by atomic mass is 10.1. The van der Waals surface area contributed by atoms with Gasteiger partial charge in [0.2, 0.25) is 0 Å². The molecule has 0 aliphatic carbocycles. The third kappa shape index (κ3) is 3.54. The highest BCUT2D eigenvalue weighted by Crippen LogP contribution is 2.25. The molecule has 0 aromatic heterocycles. The number of rotatable bonds is 4. The van der Waals surface area contributed by atoms with Gasteiger partial charge in [-0.05, 0) is 36.8 Å². The molecule has 0 N–H and O–H groups in total. The Morgan fingerprint density at radius 2 is 1.75 bits per heavy atom. The molecular weight excluding hydrogens is 309 g/mol. The van der Waals surface area contributed by atoms with Crippen molar-refractivity contribution in [3.8, 4) is 0 Å². The van der Waals surface area contributed by atoms with Crippen LogP contribution in [-0.4, -0.2) is 36.0 Å². The average Bonchev–Trinajstić information content (AvgIpc) is 2.61. The third-order valence-electron chi connectivity index (χ3n) is 4.62. The molecule has 0 amide bonds. The van der Waals surface area contributed by atoms with Crippen molar-refractivity contribution in [2.45, 2.75) is 13.0 Å². The van der Waals surface area contributed by atoms with E-state index in [0.717, 1.165) is 37.4 Å². The van der Waals surface area contributed by atoms with Gasteiger partial charge in [0.25, 0.3) is 5.69 Å². The summed E-state index contributed by atoms with van der Waals surface area (Å²) in [7, 11) is 0. The number of halogens is 1. The minimum Gasteiger partial charge on any atom is -0.369 e. The minimum absolute atomic E-state index is 0.108. The summed E-state index contributed by atoms with van der Waals surface area (Å²) in [5, 5.41) is 10.7. The van der Waals surface area contributed by atoms with E-state index in [1.165, 1.54) is 18.2 Å². The molecule has 0 radical (unpaired) electrons. The molecular formula is C18H20FN3O2. The average molecular weight is 329 g/mol. The van der Waals surface area contributed by atoms with E-state index in [4.69, 9.17) is 0 Å². The second kappa shape index (κ2) is 6.97. The van der Waals surface area contributed by atoms with Gasteiger partial charge in [0, 0.05) is 50.0 Å². The van der Waals surface area contributed by atoms with E-state index < -0.39 is 0 Å². The van der Waals surface area contributed by atoms with Crippen molar-refractivity contribution in [3.63, 3.8) is 0 Å². The summed E-state index contributed by atoms with van der Waals surface area (Å²) in [5.74, 6) is -0.205. The van der Waals surface area contributed by atoms with Crippen LogP contribution in [0.5, 0.6) is 0 Å². The van der Waals surface area contributed by atoms with Crippen LogP contribution >= 0.6 is 0 Å². The van der Waals surface area contributed by atoms with Crippen LogP contribution in [0.25, 0.3) is 0 Å². The Morgan fingerprint density at radius 1 is 1.08 bits per heavy atom. The van der Waals surface area contributed by atoms with Gasteiger partial charge in [0.1, 0.15) is 5.82 Å². The van der Waals surface area contributed by atoms with Crippen LogP contribution in [0.1, 0.15) is 18.5 Å². The van der Waals surface area contributed by atoms with Crippen LogP contribution in [0.4, 0.5) is 15.8 Å². The zero-order chi connectivity index (χ0) is 17.1. The molecule has 24 heavy (non-hydrogen) atoms. The summed E-state index contributed by atoms with van der Waals surface area (Å²) in [6, 6.07) is 13.6. The monoisotopic (exact) mass is 329 g/mol. The Balaban J connectivity index is 1.62. The molecule has 6 heteroatoms. The minimum atomic E-state index is -0.387. The molecule has 1 aliphatic heterocycles. The number of nitro groups is 1.